The van der Waals surface area contributed by atoms with Crippen LogP contribution in [0.15, 0.2) is 48.8 Å². The van der Waals surface area contributed by atoms with Gasteiger partial charge in [-0.15, -0.1) is 0 Å². The highest BCUT2D eigenvalue weighted by Crippen LogP contribution is 2.26. The zero-order valence-electron chi connectivity index (χ0n) is 12.9. The molecule has 0 N–H and O–H groups in total. The van der Waals surface area contributed by atoms with Crippen molar-refractivity contribution in [3.63, 3.8) is 0 Å². The molecule has 0 radical (unpaired) electrons. The first kappa shape index (κ1) is 14.7. The van der Waals surface area contributed by atoms with Crippen LogP contribution in [0.5, 0.6) is 5.75 Å². The highest BCUT2D eigenvalue weighted by molar-refractivity contribution is 5.77. The average molecular weight is 298 g/mol. The van der Waals surface area contributed by atoms with E-state index >= 15 is 0 Å². The first-order chi connectivity index (χ1) is 10.8. The second-order valence-corrected chi connectivity index (χ2v) is 5.71. The van der Waals surface area contributed by atoms with Crippen molar-refractivity contribution >= 4 is 5.91 Å². The van der Waals surface area contributed by atoms with Gasteiger partial charge in [0.1, 0.15) is 5.75 Å². The molecule has 0 spiro atoms. The number of methoxy groups -OCH3 is 1. The van der Waals surface area contributed by atoms with Crippen LogP contribution in [0.3, 0.4) is 0 Å². The predicted octanol–water partition coefficient (Wildman–Crippen LogP) is 3.10. The Hall–Kier alpha value is -2.23. The molecule has 1 saturated heterocycles. The molecule has 1 aliphatic heterocycles. The largest absolute Gasteiger partial charge is 0.497 e. The normalized spacial score (nSPS) is 15.8. The molecule has 1 aromatic heterocycles. The second kappa shape index (κ2) is 6.69. The Bertz CT molecular complexity index is 599. The summed E-state index contributed by atoms with van der Waals surface area (Å²) in [5.74, 6) is 1.08. The van der Waals surface area contributed by atoms with Gasteiger partial charge in [-0.1, -0.05) is 12.1 Å². The Kier molecular flexibility index (Phi) is 4.47. The molecule has 116 valence electrons. The summed E-state index contributed by atoms with van der Waals surface area (Å²) in [6.07, 6.45) is 6.80. The topological polar surface area (TPSA) is 34.5 Å². The van der Waals surface area contributed by atoms with Crippen molar-refractivity contribution in [2.45, 2.75) is 25.3 Å². The van der Waals surface area contributed by atoms with Gasteiger partial charge in [0.2, 0.25) is 5.91 Å². The number of amides is 1. The summed E-state index contributed by atoms with van der Waals surface area (Å²) in [6, 6.07) is 12.0. The number of hydrogen-bond acceptors (Lipinski definition) is 2. The smallest absolute Gasteiger partial charge is 0.225 e. The van der Waals surface area contributed by atoms with Crippen LogP contribution >= 0.6 is 0 Å². The predicted molar refractivity (Wildman–Crippen MR) is 86.0 cm³/mol. The van der Waals surface area contributed by atoms with Crippen molar-refractivity contribution in [1.82, 2.24) is 9.47 Å². The maximum atomic E-state index is 12.5. The van der Waals surface area contributed by atoms with E-state index in [1.165, 1.54) is 0 Å². The standard InChI is InChI=1S/C18H22N2O2/c1-22-16-8-6-15(7-9-16)17(19-10-2-3-11-19)14-18(21)20-12-4-5-13-20/h2-3,6-11,17H,4-5,12-14H2,1H3/t17-/m1/s1. The Morgan fingerprint density at radius 2 is 1.77 bits per heavy atom. The summed E-state index contributed by atoms with van der Waals surface area (Å²) in [5, 5.41) is 0. The summed E-state index contributed by atoms with van der Waals surface area (Å²) >= 11 is 0. The van der Waals surface area contributed by atoms with E-state index in [0.717, 1.165) is 37.2 Å². The maximum Gasteiger partial charge on any atom is 0.225 e. The Labute approximate surface area is 131 Å². The van der Waals surface area contributed by atoms with Gasteiger partial charge in [0.25, 0.3) is 0 Å². The molecule has 2 aromatic rings. The molecule has 0 aliphatic carbocycles. The molecule has 22 heavy (non-hydrogen) atoms. The van der Waals surface area contributed by atoms with Crippen molar-refractivity contribution in [2.75, 3.05) is 20.2 Å². The van der Waals surface area contributed by atoms with Gasteiger partial charge >= 0.3 is 0 Å². The van der Waals surface area contributed by atoms with Crippen molar-refractivity contribution in [1.29, 1.82) is 0 Å². The number of likely N-dealkylation sites (tertiary alicyclic amines) is 1. The van der Waals surface area contributed by atoms with E-state index in [4.69, 9.17) is 4.74 Å². The van der Waals surface area contributed by atoms with Gasteiger partial charge in [-0.25, -0.2) is 0 Å². The van der Waals surface area contributed by atoms with Gasteiger partial charge in [0.05, 0.1) is 19.6 Å². The van der Waals surface area contributed by atoms with Gasteiger partial charge in [-0.3, -0.25) is 4.79 Å². The first-order valence-corrected chi connectivity index (χ1v) is 7.82. The van der Waals surface area contributed by atoms with E-state index in [1.807, 2.05) is 53.7 Å². The average Bonchev–Trinajstić information content (AvgIpc) is 3.25. The summed E-state index contributed by atoms with van der Waals surface area (Å²) in [5.41, 5.74) is 1.13. The lowest BCUT2D eigenvalue weighted by molar-refractivity contribution is -0.130. The monoisotopic (exact) mass is 298 g/mol. The van der Waals surface area contributed by atoms with Crippen molar-refractivity contribution in [3.8, 4) is 5.75 Å². The number of benzene rings is 1. The van der Waals surface area contributed by atoms with Gasteiger partial charge in [-0.2, -0.15) is 0 Å². The minimum absolute atomic E-state index is 0.0361. The molecular formula is C18H22N2O2. The van der Waals surface area contributed by atoms with Gasteiger partial charge in [0, 0.05) is 25.5 Å². The van der Waals surface area contributed by atoms with Gasteiger partial charge in [0.15, 0.2) is 0 Å². The van der Waals surface area contributed by atoms with Crippen molar-refractivity contribution in [3.05, 3.63) is 54.4 Å². The first-order valence-electron chi connectivity index (χ1n) is 7.82. The lowest BCUT2D eigenvalue weighted by Gasteiger charge is -2.23. The van der Waals surface area contributed by atoms with Crippen LogP contribution in [0.25, 0.3) is 0 Å². The van der Waals surface area contributed by atoms with E-state index in [9.17, 15) is 4.79 Å². The lowest BCUT2D eigenvalue weighted by Crippen LogP contribution is -2.30. The summed E-state index contributed by atoms with van der Waals surface area (Å²) in [4.78, 5) is 14.5. The fraction of sp³-hybridized carbons (Fsp3) is 0.389. The molecule has 0 bridgehead atoms. The zero-order chi connectivity index (χ0) is 15.4. The summed E-state index contributed by atoms with van der Waals surface area (Å²) < 4.78 is 7.33. The van der Waals surface area contributed by atoms with Crippen LogP contribution in [0, 0.1) is 0 Å². The van der Waals surface area contributed by atoms with Crippen LogP contribution in [-0.2, 0) is 4.79 Å². The number of rotatable bonds is 5. The van der Waals surface area contributed by atoms with Crippen molar-refractivity contribution < 1.29 is 9.53 Å². The molecule has 1 atom stereocenters. The highest BCUT2D eigenvalue weighted by atomic mass is 16.5. The van der Waals surface area contributed by atoms with E-state index in [-0.39, 0.29) is 11.9 Å². The number of aromatic nitrogens is 1. The number of carbonyl (C=O) groups is 1. The van der Waals surface area contributed by atoms with Crippen LogP contribution in [-0.4, -0.2) is 35.6 Å². The van der Waals surface area contributed by atoms with Gasteiger partial charge in [-0.05, 0) is 42.7 Å². The van der Waals surface area contributed by atoms with E-state index < -0.39 is 0 Å². The third-order valence-electron chi connectivity index (χ3n) is 4.31. The van der Waals surface area contributed by atoms with E-state index in [1.54, 1.807) is 7.11 Å². The van der Waals surface area contributed by atoms with E-state index in [0.29, 0.717) is 6.42 Å². The van der Waals surface area contributed by atoms with Crippen LogP contribution in [0.2, 0.25) is 0 Å². The van der Waals surface area contributed by atoms with Crippen LogP contribution < -0.4 is 4.74 Å². The molecule has 1 aromatic carbocycles. The Balaban J connectivity index is 1.81. The SMILES string of the molecule is COc1ccc([C@@H](CC(=O)N2CCCC2)n2cccc2)cc1. The molecule has 4 nitrogen and oxygen atoms in total. The molecule has 4 heteroatoms. The third kappa shape index (κ3) is 3.16. The summed E-state index contributed by atoms with van der Waals surface area (Å²) in [7, 11) is 1.66. The fourth-order valence-corrected chi connectivity index (χ4v) is 3.04. The molecule has 1 fully saturated rings. The number of ether oxygens (including phenoxy) is 1. The number of carbonyl (C=O) groups excluding carboxylic acids is 1. The number of nitrogens with zero attached hydrogens (tertiary/aromatic N) is 2. The minimum atomic E-state index is 0.0361. The van der Waals surface area contributed by atoms with Gasteiger partial charge < -0.3 is 14.2 Å². The Morgan fingerprint density at radius 1 is 1.14 bits per heavy atom. The third-order valence-corrected chi connectivity index (χ3v) is 4.31. The second-order valence-electron chi connectivity index (χ2n) is 5.71. The molecule has 1 amide bonds. The van der Waals surface area contributed by atoms with Crippen molar-refractivity contribution in [2.24, 2.45) is 0 Å². The minimum Gasteiger partial charge on any atom is -0.497 e. The summed E-state index contributed by atoms with van der Waals surface area (Å²) in [6.45, 7) is 1.81. The maximum absolute atomic E-state index is 12.5. The highest BCUT2D eigenvalue weighted by Gasteiger charge is 2.23. The zero-order valence-corrected chi connectivity index (χ0v) is 12.9. The molecular weight excluding hydrogens is 276 g/mol. The lowest BCUT2D eigenvalue weighted by atomic mass is 10.0. The molecule has 1 aliphatic rings. The van der Waals surface area contributed by atoms with Crippen LogP contribution in [0.4, 0.5) is 0 Å². The molecule has 0 saturated carbocycles. The molecule has 2 heterocycles. The fourth-order valence-electron chi connectivity index (χ4n) is 3.04. The Morgan fingerprint density at radius 3 is 2.36 bits per heavy atom. The van der Waals surface area contributed by atoms with E-state index in [2.05, 4.69) is 4.57 Å². The molecule has 0 unspecified atom stereocenters. The quantitative estimate of drug-likeness (QED) is 0.850. The van der Waals surface area contributed by atoms with Crippen LogP contribution in [0.1, 0.15) is 30.9 Å². The number of hydrogen-bond donors (Lipinski definition) is 0. The molecule has 3 rings (SSSR count).